The lowest BCUT2D eigenvalue weighted by Gasteiger charge is -2.54. The van der Waals surface area contributed by atoms with Crippen molar-refractivity contribution < 1.29 is 0 Å². The van der Waals surface area contributed by atoms with Crippen LogP contribution in [0.25, 0.3) is 0 Å². The molecular weight excluding hydrogens is 421 g/mol. The van der Waals surface area contributed by atoms with Crippen LogP contribution in [0.1, 0.15) is 94.6 Å². The summed E-state index contributed by atoms with van der Waals surface area (Å²) in [6.45, 7) is 4.53. The molecular formula is C28H39Cl2N. The Kier molecular flexibility index (Phi) is 7.95. The van der Waals surface area contributed by atoms with Crippen LogP contribution in [-0.4, -0.2) is 24.0 Å². The largest absolute Gasteiger partial charge is 0.300 e. The van der Waals surface area contributed by atoms with E-state index in [4.69, 9.17) is 11.6 Å². The third-order valence-corrected chi connectivity index (χ3v) is 9.16. The van der Waals surface area contributed by atoms with Crippen molar-refractivity contribution in [2.75, 3.05) is 13.1 Å². The molecule has 0 aromatic heterocycles. The van der Waals surface area contributed by atoms with Crippen LogP contribution in [0.4, 0.5) is 0 Å². The fraction of sp³-hybridized carbons (Fsp3) is 0.714. The van der Waals surface area contributed by atoms with Crippen molar-refractivity contribution >= 4 is 24.0 Å². The molecule has 0 N–H and O–H groups in total. The molecule has 4 bridgehead atoms. The normalized spacial score (nSPS) is 31.9. The molecule has 5 aliphatic carbocycles. The van der Waals surface area contributed by atoms with E-state index in [1.54, 1.807) is 0 Å². The molecule has 0 spiro atoms. The highest BCUT2D eigenvalue weighted by Gasteiger charge is 2.48. The zero-order chi connectivity index (χ0) is 20.5. The minimum absolute atomic E-state index is 0. The molecule has 31 heavy (non-hydrogen) atoms. The van der Waals surface area contributed by atoms with E-state index in [0.717, 1.165) is 65.7 Å². The van der Waals surface area contributed by atoms with Gasteiger partial charge in [-0.2, -0.15) is 0 Å². The van der Waals surface area contributed by atoms with Crippen molar-refractivity contribution in [2.24, 2.45) is 23.7 Å². The number of hydrogen-bond donors (Lipinski definition) is 0. The molecule has 6 rings (SSSR count). The Morgan fingerprint density at radius 2 is 1.65 bits per heavy atom. The summed E-state index contributed by atoms with van der Waals surface area (Å²) in [5, 5.41) is 0.869. The molecule has 3 heteroatoms. The Morgan fingerprint density at radius 3 is 2.26 bits per heavy atom. The highest BCUT2D eigenvalue weighted by Crippen LogP contribution is 2.59. The van der Waals surface area contributed by atoms with Crippen LogP contribution in [-0.2, 0) is 0 Å². The van der Waals surface area contributed by atoms with Crippen LogP contribution >= 0.6 is 24.0 Å². The Morgan fingerprint density at radius 1 is 0.968 bits per heavy atom. The van der Waals surface area contributed by atoms with E-state index >= 15 is 0 Å². The molecule has 0 unspecified atom stereocenters. The molecule has 0 saturated heterocycles. The van der Waals surface area contributed by atoms with Gasteiger partial charge in [0, 0.05) is 24.6 Å². The molecule has 1 nitrogen and oxygen atoms in total. The maximum atomic E-state index is 6.72. The highest BCUT2D eigenvalue weighted by atomic mass is 35.5. The number of nitrogens with zero attached hydrogens (tertiary/aromatic N) is 1. The predicted molar refractivity (Wildman–Crippen MR) is 134 cm³/mol. The standard InChI is InChI=1S/C28H38ClN.ClH/c1-2-30(26-9-4-3-5-10-26)13-7-6-8-22-11-12-23(19-27(22)29)28-24-15-20-14-21(17-24)18-25(28)16-20;/h11-12,19-21,24-26,28H,2-5,7,9-10,13-18H2,1H3;1H. The quantitative estimate of drug-likeness (QED) is 0.407. The molecule has 5 aliphatic rings. The van der Waals surface area contributed by atoms with E-state index in [1.165, 1.54) is 69.8 Å². The molecule has 0 amide bonds. The van der Waals surface area contributed by atoms with E-state index in [9.17, 15) is 0 Å². The summed E-state index contributed by atoms with van der Waals surface area (Å²) in [4.78, 5) is 2.64. The van der Waals surface area contributed by atoms with E-state index in [2.05, 4.69) is 41.9 Å². The van der Waals surface area contributed by atoms with Gasteiger partial charge in [0.25, 0.3) is 0 Å². The third kappa shape index (κ3) is 5.13. The first-order valence-electron chi connectivity index (χ1n) is 12.7. The molecule has 0 aliphatic heterocycles. The van der Waals surface area contributed by atoms with Crippen molar-refractivity contribution in [3.05, 3.63) is 34.3 Å². The third-order valence-electron chi connectivity index (χ3n) is 8.85. The fourth-order valence-electron chi connectivity index (χ4n) is 7.71. The van der Waals surface area contributed by atoms with Crippen molar-refractivity contribution in [3.63, 3.8) is 0 Å². The summed E-state index contributed by atoms with van der Waals surface area (Å²) in [6.07, 6.45) is 15.3. The summed E-state index contributed by atoms with van der Waals surface area (Å²) in [6, 6.07) is 7.60. The van der Waals surface area contributed by atoms with Crippen LogP contribution in [0.2, 0.25) is 5.02 Å². The van der Waals surface area contributed by atoms with E-state index < -0.39 is 0 Å². The molecule has 5 saturated carbocycles. The molecule has 1 aromatic carbocycles. The summed E-state index contributed by atoms with van der Waals surface area (Å²) in [7, 11) is 0. The van der Waals surface area contributed by atoms with Gasteiger partial charge in [-0.1, -0.05) is 55.7 Å². The molecule has 0 atom stereocenters. The monoisotopic (exact) mass is 459 g/mol. The van der Waals surface area contributed by atoms with Gasteiger partial charge in [-0.3, -0.25) is 4.90 Å². The second-order valence-electron chi connectivity index (χ2n) is 10.7. The Hall–Kier alpha value is -0.680. The Labute approximate surface area is 201 Å². The molecule has 0 radical (unpaired) electrons. The second-order valence-corrected chi connectivity index (χ2v) is 11.1. The molecule has 170 valence electrons. The number of halogens is 2. The lowest BCUT2D eigenvalue weighted by Crippen LogP contribution is -2.43. The van der Waals surface area contributed by atoms with Crippen LogP contribution in [0.5, 0.6) is 0 Å². The van der Waals surface area contributed by atoms with Crippen molar-refractivity contribution in [3.8, 4) is 11.8 Å². The van der Waals surface area contributed by atoms with Crippen LogP contribution < -0.4 is 0 Å². The maximum absolute atomic E-state index is 6.72. The SMILES string of the molecule is CCN(CCC#Cc1ccc(C2C3CC4CC(C3)CC2C4)cc1Cl)C1CCCCC1.Cl. The Balaban J connectivity index is 0.00000231. The number of hydrogen-bond acceptors (Lipinski definition) is 1. The van der Waals surface area contributed by atoms with Crippen molar-refractivity contribution in [1.82, 2.24) is 4.90 Å². The molecule has 1 aromatic rings. The summed E-state index contributed by atoms with van der Waals surface area (Å²) >= 11 is 6.72. The molecule has 5 fully saturated rings. The predicted octanol–water partition coefficient (Wildman–Crippen LogP) is 7.70. The summed E-state index contributed by atoms with van der Waals surface area (Å²) in [5.41, 5.74) is 2.51. The Bertz CT molecular complexity index is 773. The topological polar surface area (TPSA) is 3.24 Å². The highest BCUT2D eigenvalue weighted by molar-refractivity contribution is 6.31. The zero-order valence-electron chi connectivity index (χ0n) is 19.1. The lowest BCUT2D eigenvalue weighted by atomic mass is 9.51. The van der Waals surface area contributed by atoms with E-state index in [-0.39, 0.29) is 12.4 Å². The van der Waals surface area contributed by atoms with Gasteiger partial charge in [0.2, 0.25) is 0 Å². The fourth-order valence-corrected chi connectivity index (χ4v) is 7.95. The van der Waals surface area contributed by atoms with Gasteiger partial charge in [-0.05, 0) is 98.8 Å². The van der Waals surface area contributed by atoms with E-state index in [1.807, 2.05) is 0 Å². The van der Waals surface area contributed by atoms with Gasteiger partial charge >= 0.3 is 0 Å². The second kappa shape index (κ2) is 10.5. The summed E-state index contributed by atoms with van der Waals surface area (Å²) in [5.74, 6) is 11.4. The van der Waals surface area contributed by atoms with Gasteiger partial charge in [0.1, 0.15) is 0 Å². The van der Waals surface area contributed by atoms with Gasteiger partial charge < -0.3 is 0 Å². The van der Waals surface area contributed by atoms with Crippen LogP contribution in [0.15, 0.2) is 18.2 Å². The first kappa shape index (κ1) is 23.5. The first-order chi connectivity index (χ1) is 14.7. The van der Waals surface area contributed by atoms with Gasteiger partial charge in [-0.25, -0.2) is 0 Å². The summed E-state index contributed by atoms with van der Waals surface area (Å²) < 4.78 is 0. The average molecular weight is 461 g/mol. The zero-order valence-corrected chi connectivity index (χ0v) is 20.7. The minimum Gasteiger partial charge on any atom is -0.300 e. The van der Waals surface area contributed by atoms with Crippen molar-refractivity contribution in [1.29, 1.82) is 0 Å². The maximum Gasteiger partial charge on any atom is 0.0565 e. The van der Waals surface area contributed by atoms with Crippen LogP contribution in [0.3, 0.4) is 0 Å². The minimum atomic E-state index is 0. The van der Waals surface area contributed by atoms with Crippen LogP contribution in [0, 0.1) is 35.5 Å². The van der Waals surface area contributed by atoms with Gasteiger partial charge in [0.15, 0.2) is 0 Å². The smallest absolute Gasteiger partial charge is 0.0565 e. The number of rotatable bonds is 5. The average Bonchev–Trinajstić information content (AvgIpc) is 2.75. The number of benzene rings is 1. The van der Waals surface area contributed by atoms with Gasteiger partial charge in [-0.15, -0.1) is 12.4 Å². The van der Waals surface area contributed by atoms with Crippen molar-refractivity contribution in [2.45, 2.75) is 89.5 Å². The van der Waals surface area contributed by atoms with E-state index in [0.29, 0.717) is 0 Å². The van der Waals surface area contributed by atoms with Gasteiger partial charge in [0.05, 0.1) is 5.02 Å². The first-order valence-corrected chi connectivity index (χ1v) is 13.1. The molecule has 0 heterocycles. The lowest BCUT2D eigenvalue weighted by molar-refractivity contribution is -0.00277.